The van der Waals surface area contributed by atoms with Crippen molar-refractivity contribution in [2.24, 2.45) is 0 Å². The highest BCUT2D eigenvalue weighted by molar-refractivity contribution is 7.80. The number of rotatable bonds is 5. The number of methoxy groups -OCH3 is 1. The summed E-state index contributed by atoms with van der Waals surface area (Å²) in [5.41, 5.74) is -0.0310. The van der Waals surface area contributed by atoms with Crippen molar-refractivity contribution in [1.29, 1.82) is 0 Å². The fraction of sp³-hybridized carbons (Fsp3) is 0.0833. The summed E-state index contributed by atoms with van der Waals surface area (Å²) in [7, 11) is 1.22. The Bertz CT molecular complexity index is 1290. The monoisotopic (exact) mass is 501 g/mol. The Kier molecular flexibility index (Phi) is 7.82. The number of nitrogens with one attached hydrogen (secondary N) is 3. The van der Waals surface area contributed by atoms with Crippen molar-refractivity contribution in [3.8, 4) is 0 Å². The van der Waals surface area contributed by atoms with Gasteiger partial charge in [-0.1, -0.05) is 18.2 Å². The van der Waals surface area contributed by atoms with E-state index in [2.05, 4.69) is 20.7 Å². The van der Waals surface area contributed by atoms with Crippen LogP contribution in [0.25, 0.3) is 0 Å². The van der Waals surface area contributed by atoms with Crippen LogP contribution in [0.15, 0.2) is 72.8 Å². The lowest BCUT2D eigenvalue weighted by atomic mass is 10.1. The second-order valence-electron chi connectivity index (χ2n) is 7.09. The molecule has 3 aromatic rings. The number of thiocarbonyl (C=S) groups is 1. The van der Waals surface area contributed by atoms with Crippen molar-refractivity contribution in [3.05, 3.63) is 95.1 Å². The molecule has 0 aromatic heterocycles. The highest BCUT2D eigenvalue weighted by atomic mass is 32.1. The molecule has 0 aliphatic heterocycles. The van der Waals surface area contributed by atoms with Crippen molar-refractivity contribution >= 4 is 46.5 Å². The second kappa shape index (κ2) is 10.8. The second-order valence-corrected chi connectivity index (χ2v) is 7.50. The molecule has 0 saturated carbocycles. The molecule has 11 heteroatoms. The van der Waals surface area contributed by atoms with E-state index in [1.165, 1.54) is 61.7 Å². The Morgan fingerprint density at radius 1 is 0.771 bits per heavy atom. The van der Waals surface area contributed by atoms with Crippen LogP contribution in [0.3, 0.4) is 0 Å². The van der Waals surface area contributed by atoms with Gasteiger partial charge in [0.15, 0.2) is 5.11 Å². The first-order valence-electron chi connectivity index (χ1n) is 9.96. The molecule has 0 fully saturated rings. The zero-order chi connectivity index (χ0) is 25.6. The number of anilines is 2. The maximum absolute atomic E-state index is 12.9. The number of benzene rings is 3. The highest BCUT2D eigenvalue weighted by Crippen LogP contribution is 2.30. The molecule has 3 rings (SSSR count). The first-order valence-corrected chi connectivity index (χ1v) is 10.4. The quantitative estimate of drug-likeness (QED) is 0.341. The van der Waals surface area contributed by atoms with Crippen molar-refractivity contribution in [2.75, 3.05) is 17.7 Å². The maximum atomic E-state index is 12.9. The Hall–Kier alpha value is -4.25. The third-order valence-electron chi connectivity index (χ3n) is 4.60. The van der Waals surface area contributed by atoms with E-state index >= 15 is 0 Å². The van der Waals surface area contributed by atoms with E-state index in [-0.39, 0.29) is 27.5 Å². The predicted octanol–water partition coefficient (Wildman–Crippen LogP) is 4.87. The molecule has 0 bridgehead atoms. The average Bonchev–Trinajstić information content (AvgIpc) is 2.83. The molecule has 0 atom stereocenters. The van der Waals surface area contributed by atoms with Gasteiger partial charge < -0.3 is 15.4 Å². The number of hydrogen-bond acceptors (Lipinski definition) is 5. The van der Waals surface area contributed by atoms with E-state index in [9.17, 15) is 27.6 Å². The number of ether oxygens (including phenoxy) is 1. The van der Waals surface area contributed by atoms with Gasteiger partial charge in [-0.15, -0.1) is 0 Å². The Morgan fingerprint density at radius 2 is 1.34 bits per heavy atom. The molecular formula is C24H18F3N3O4S. The summed E-state index contributed by atoms with van der Waals surface area (Å²) in [6.45, 7) is 0. The summed E-state index contributed by atoms with van der Waals surface area (Å²) in [4.78, 5) is 36.6. The van der Waals surface area contributed by atoms with Crippen LogP contribution in [0.5, 0.6) is 0 Å². The van der Waals surface area contributed by atoms with Gasteiger partial charge in [0.2, 0.25) is 0 Å². The van der Waals surface area contributed by atoms with E-state index < -0.39 is 29.5 Å². The van der Waals surface area contributed by atoms with Crippen LogP contribution in [-0.4, -0.2) is 30.0 Å². The summed E-state index contributed by atoms with van der Waals surface area (Å²) in [5.74, 6) is -1.81. The largest absolute Gasteiger partial charge is 0.465 e. The molecule has 0 aliphatic rings. The summed E-state index contributed by atoms with van der Waals surface area (Å²) in [5, 5.41) is 7.56. The van der Waals surface area contributed by atoms with Crippen molar-refractivity contribution in [2.45, 2.75) is 6.18 Å². The lowest BCUT2D eigenvalue weighted by Gasteiger charge is -2.12. The molecule has 180 valence electrons. The van der Waals surface area contributed by atoms with E-state index in [0.29, 0.717) is 5.69 Å². The molecule has 7 nitrogen and oxygen atoms in total. The van der Waals surface area contributed by atoms with Crippen LogP contribution in [0, 0.1) is 0 Å². The number of carbonyl (C=O) groups excluding carboxylic acids is 3. The first kappa shape index (κ1) is 25.4. The average molecular weight is 501 g/mol. The van der Waals surface area contributed by atoms with Gasteiger partial charge in [-0.2, -0.15) is 13.2 Å². The number of esters is 1. The number of halogens is 3. The Morgan fingerprint density at radius 3 is 2.00 bits per heavy atom. The zero-order valence-electron chi connectivity index (χ0n) is 18.1. The van der Waals surface area contributed by atoms with Gasteiger partial charge in [0.05, 0.1) is 18.2 Å². The van der Waals surface area contributed by atoms with Gasteiger partial charge in [-0.25, -0.2) is 4.79 Å². The molecule has 0 heterocycles. The smallest absolute Gasteiger partial charge is 0.416 e. The molecule has 3 N–H and O–H groups in total. The van der Waals surface area contributed by atoms with Crippen LogP contribution in [0.1, 0.15) is 36.6 Å². The van der Waals surface area contributed by atoms with Crippen molar-refractivity contribution < 1.29 is 32.3 Å². The number of carbonyl (C=O) groups is 3. The summed E-state index contributed by atoms with van der Waals surface area (Å²) in [6.07, 6.45) is -4.54. The molecule has 0 unspecified atom stereocenters. The molecule has 2 amide bonds. The molecule has 3 aromatic carbocycles. The predicted molar refractivity (Wildman–Crippen MR) is 127 cm³/mol. The summed E-state index contributed by atoms with van der Waals surface area (Å²) < 4.78 is 43.3. The van der Waals surface area contributed by atoms with Crippen LogP contribution in [0.2, 0.25) is 0 Å². The standard InChI is InChI=1S/C24H18F3N3O4S/c1-34-22(33)16-7-2-5-14(11-16)21(32)30-23(35)29-18-9-3-6-15(12-18)20(31)28-19-10-4-8-17(13-19)24(25,26)27/h2-13H,1H3,(H,28,31)(H2,29,30,32,35). The van der Waals surface area contributed by atoms with Crippen LogP contribution < -0.4 is 16.0 Å². The normalized spacial score (nSPS) is 10.7. The minimum absolute atomic E-state index is 0.0137. The molecule has 0 aliphatic carbocycles. The van der Waals surface area contributed by atoms with E-state index in [0.717, 1.165) is 12.1 Å². The lowest BCUT2D eigenvalue weighted by molar-refractivity contribution is -0.137. The molecule has 0 spiro atoms. The lowest BCUT2D eigenvalue weighted by Crippen LogP contribution is -2.34. The van der Waals surface area contributed by atoms with E-state index in [1.54, 1.807) is 6.07 Å². The van der Waals surface area contributed by atoms with Gasteiger partial charge >= 0.3 is 12.1 Å². The minimum atomic E-state index is -4.54. The molecule has 0 saturated heterocycles. The van der Waals surface area contributed by atoms with E-state index in [1.807, 2.05) is 0 Å². The topological polar surface area (TPSA) is 96.5 Å². The van der Waals surface area contributed by atoms with Crippen LogP contribution >= 0.6 is 12.2 Å². The fourth-order valence-electron chi connectivity index (χ4n) is 2.96. The minimum Gasteiger partial charge on any atom is -0.465 e. The molecular weight excluding hydrogens is 483 g/mol. The zero-order valence-corrected chi connectivity index (χ0v) is 18.9. The number of alkyl halides is 3. The highest BCUT2D eigenvalue weighted by Gasteiger charge is 2.30. The van der Waals surface area contributed by atoms with E-state index in [4.69, 9.17) is 12.2 Å². The van der Waals surface area contributed by atoms with Crippen molar-refractivity contribution in [1.82, 2.24) is 5.32 Å². The van der Waals surface area contributed by atoms with Gasteiger partial charge in [0.25, 0.3) is 11.8 Å². The molecule has 35 heavy (non-hydrogen) atoms. The molecule has 0 radical (unpaired) electrons. The summed E-state index contributed by atoms with van der Waals surface area (Å²) in [6, 6.07) is 16.1. The Labute approximate surface area is 203 Å². The third kappa shape index (κ3) is 6.87. The van der Waals surface area contributed by atoms with Gasteiger partial charge in [-0.3, -0.25) is 14.9 Å². The van der Waals surface area contributed by atoms with Crippen molar-refractivity contribution in [3.63, 3.8) is 0 Å². The van der Waals surface area contributed by atoms with Gasteiger partial charge in [0.1, 0.15) is 0 Å². The van der Waals surface area contributed by atoms with Gasteiger partial charge in [0, 0.05) is 22.5 Å². The Balaban J connectivity index is 1.65. The first-order chi connectivity index (χ1) is 16.6. The number of amides is 2. The SMILES string of the molecule is COC(=O)c1cccc(C(=O)NC(=S)Nc2cccc(C(=O)Nc3cccc(C(F)(F)F)c3)c2)c1. The fourth-order valence-corrected chi connectivity index (χ4v) is 3.17. The third-order valence-corrected chi connectivity index (χ3v) is 4.81. The number of hydrogen-bond donors (Lipinski definition) is 3. The summed E-state index contributed by atoms with van der Waals surface area (Å²) >= 11 is 5.14. The maximum Gasteiger partial charge on any atom is 0.416 e. The van der Waals surface area contributed by atoms with Gasteiger partial charge in [-0.05, 0) is 66.8 Å². The van der Waals surface area contributed by atoms with Crippen LogP contribution in [-0.2, 0) is 10.9 Å². The van der Waals surface area contributed by atoms with Crippen LogP contribution in [0.4, 0.5) is 24.5 Å².